The molecule has 1 heterocycles. The third-order valence-electron chi connectivity index (χ3n) is 5.32. The van der Waals surface area contributed by atoms with Crippen LogP contribution in [0.3, 0.4) is 0 Å². The van der Waals surface area contributed by atoms with Gasteiger partial charge in [0.25, 0.3) is 5.24 Å². The van der Waals surface area contributed by atoms with E-state index < -0.39 is 0 Å². The van der Waals surface area contributed by atoms with Gasteiger partial charge in [-0.05, 0) is 47.7 Å². The molecule has 5 nitrogen and oxygen atoms in total. The molecule has 0 radical (unpaired) electrons. The molecule has 6 heteroatoms. The molecule has 1 aliphatic rings. The molecule has 1 N–H and O–H groups in total. The van der Waals surface area contributed by atoms with E-state index in [4.69, 9.17) is 9.47 Å². The average molecular weight is 448 g/mol. The third kappa shape index (κ3) is 5.58. The summed E-state index contributed by atoms with van der Waals surface area (Å²) in [6.07, 6.45) is 0.363. The Balaban J connectivity index is 1.32. The molecular weight excluding hydrogens is 422 g/mol. The van der Waals surface area contributed by atoms with Gasteiger partial charge in [-0.1, -0.05) is 78.5 Å². The van der Waals surface area contributed by atoms with Gasteiger partial charge in [0.05, 0.1) is 11.9 Å². The van der Waals surface area contributed by atoms with E-state index in [0.717, 1.165) is 34.2 Å². The van der Waals surface area contributed by atoms with Crippen LogP contribution in [0.5, 0.6) is 5.75 Å². The number of aryl methyl sites for hydroxylation is 1. The van der Waals surface area contributed by atoms with Gasteiger partial charge in [-0.25, -0.2) is 0 Å². The van der Waals surface area contributed by atoms with E-state index in [1.807, 2.05) is 54.6 Å². The van der Waals surface area contributed by atoms with Crippen LogP contribution in [-0.4, -0.2) is 29.6 Å². The highest BCUT2D eigenvalue weighted by Gasteiger charge is 2.31. The van der Waals surface area contributed by atoms with Gasteiger partial charge in [0, 0.05) is 0 Å². The second kappa shape index (κ2) is 10.5. The highest BCUT2D eigenvalue weighted by atomic mass is 32.2. The molecule has 2 atom stereocenters. The van der Waals surface area contributed by atoms with E-state index >= 15 is 0 Å². The first kappa shape index (κ1) is 22.1. The zero-order valence-corrected chi connectivity index (χ0v) is 18.6. The van der Waals surface area contributed by atoms with Crippen LogP contribution < -0.4 is 10.1 Å². The van der Waals surface area contributed by atoms with Crippen molar-refractivity contribution in [3.8, 4) is 5.75 Å². The number of amides is 2. The van der Waals surface area contributed by atoms with Crippen molar-refractivity contribution < 1.29 is 19.1 Å². The van der Waals surface area contributed by atoms with Crippen molar-refractivity contribution in [2.24, 2.45) is 0 Å². The van der Waals surface area contributed by atoms with Crippen LogP contribution in [0.2, 0.25) is 0 Å². The largest absolute Gasteiger partial charge is 0.491 e. The molecule has 4 rings (SSSR count). The quantitative estimate of drug-likeness (QED) is 0.464. The van der Waals surface area contributed by atoms with Gasteiger partial charge < -0.3 is 9.47 Å². The fraction of sp³-hybridized carbons (Fsp3) is 0.231. The lowest BCUT2D eigenvalue weighted by molar-refractivity contribution is -0.118. The average Bonchev–Trinajstić information content (AvgIpc) is 3.12. The molecule has 0 saturated carbocycles. The number of ether oxygens (including phenoxy) is 2. The summed E-state index contributed by atoms with van der Waals surface area (Å²) in [5, 5.41) is 1.68. The monoisotopic (exact) mass is 447 g/mol. The van der Waals surface area contributed by atoms with Crippen LogP contribution >= 0.6 is 11.8 Å². The number of thioether (sulfide) groups is 1. The lowest BCUT2D eigenvalue weighted by atomic mass is 9.97. The first-order valence-electron chi connectivity index (χ1n) is 10.6. The molecule has 0 bridgehead atoms. The van der Waals surface area contributed by atoms with Gasteiger partial charge in [-0.3, -0.25) is 14.9 Å². The number of benzene rings is 3. The lowest BCUT2D eigenvalue weighted by Crippen LogP contribution is -2.25. The zero-order chi connectivity index (χ0) is 22.3. The Kier molecular flexibility index (Phi) is 7.24. The van der Waals surface area contributed by atoms with E-state index in [1.165, 1.54) is 5.56 Å². The first-order chi connectivity index (χ1) is 15.6. The van der Waals surface area contributed by atoms with E-state index in [9.17, 15) is 9.59 Å². The van der Waals surface area contributed by atoms with Crippen LogP contribution in [0.15, 0.2) is 78.9 Å². The van der Waals surface area contributed by atoms with Crippen LogP contribution in [0.4, 0.5) is 4.79 Å². The van der Waals surface area contributed by atoms with Crippen molar-refractivity contribution in [2.45, 2.75) is 24.7 Å². The van der Waals surface area contributed by atoms with E-state index in [1.54, 1.807) is 0 Å². The second-order valence-electron chi connectivity index (χ2n) is 7.60. The number of hydrogen-bond acceptors (Lipinski definition) is 5. The molecule has 3 aromatic rings. The van der Waals surface area contributed by atoms with Crippen LogP contribution in [0.1, 0.15) is 28.4 Å². The molecule has 3 aromatic carbocycles. The Morgan fingerprint density at radius 3 is 2.31 bits per heavy atom. The number of hydrogen-bond donors (Lipinski definition) is 1. The van der Waals surface area contributed by atoms with Gasteiger partial charge in [-0.15, -0.1) is 0 Å². The number of carbonyl (C=O) groups excluding carboxylic acids is 2. The van der Waals surface area contributed by atoms with Crippen molar-refractivity contribution in [3.05, 3.63) is 101 Å². The summed E-state index contributed by atoms with van der Waals surface area (Å²) in [4.78, 5) is 23.0. The first-order valence-corrected chi connectivity index (χ1v) is 11.4. The van der Waals surface area contributed by atoms with Gasteiger partial charge in [-0.2, -0.15) is 0 Å². The summed E-state index contributed by atoms with van der Waals surface area (Å²) in [5.74, 6) is 0.517. The minimum Gasteiger partial charge on any atom is -0.491 e. The topological polar surface area (TPSA) is 64.6 Å². The van der Waals surface area contributed by atoms with Gasteiger partial charge in [0.15, 0.2) is 0 Å². The highest BCUT2D eigenvalue weighted by molar-refractivity contribution is 8.15. The molecule has 2 unspecified atom stereocenters. The summed E-state index contributed by atoms with van der Waals surface area (Å²) >= 11 is 1.04. The number of rotatable bonds is 9. The fourth-order valence-electron chi connectivity index (χ4n) is 3.66. The molecule has 32 heavy (non-hydrogen) atoms. The molecule has 1 fully saturated rings. The Labute approximate surface area is 192 Å². The molecule has 0 spiro atoms. The Hall–Kier alpha value is -3.09. The number of nitrogens with one attached hydrogen (secondary N) is 1. The third-order valence-corrected chi connectivity index (χ3v) is 6.30. The van der Waals surface area contributed by atoms with Crippen LogP contribution in [0.25, 0.3) is 0 Å². The maximum absolute atomic E-state index is 11.7. The fourth-order valence-corrected chi connectivity index (χ4v) is 4.52. The van der Waals surface area contributed by atoms with E-state index in [-0.39, 0.29) is 22.5 Å². The summed E-state index contributed by atoms with van der Waals surface area (Å²) < 4.78 is 12.1. The molecule has 2 amide bonds. The predicted molar refractivity (Wildman–Crippen MR) is 126 cm³/mol. The van der Waals surface area contributed by atoms with Gasteiger partial charge in [0.2, 0.25) is 5.91 Å². The predicted octanol–water partition coefficient (Wildman–Crippen LogP) is 5.07. The Morgan fingerprint density at radius 2 is 1.62 bits per heavy atom. The lowest BCUT2D eigenvalue weighted by Gasteiger charge is -2.21. The standard InChI is InChI=1S/C26H25NO4S/c1-18-7-5-6-10-22(18)24(20-8-3-2-4-9-20)31-16-15-30-21-13-11-19(12-14-21)17-23-25(28)27-26(29)32-23/h2-14,23-24H,15-17H2,1H3,(H,27,28,29). The minimum atomic E-state index is -0.362. The maximum atomic E-state index is 11.7. The smallest absolute Gasteiger partial charge is 0.286 e. The Bertz CT molecular complexity index is 1070. The number of carbonyl (C=O) groups is 2. The van der Waals surface area contributed by atoms with Crippen molar-refractivity contribution in [1.29, 1.82) is 0 Å². The van der Waals surface area contributed by atoms with Crippen molar-refractivity contribution in [3.63, 3.8) is 0 Å². The number of imide groups is 1. The molecular formula is C26H25NO4S. The highest BCUT2D eigenvalue weighted by Crippen LogP contribution is 2.28. The molecule has 0 aromatic heterocycles. The van der Waals surface area contributed by atoms with Crippen molar-refractivity contribution in [2.75, 3.05) is 13.2 Å². The molecule has 1 aliphatic heterocycles. The summed E-state index contributed by atoms with van der Waals surface area (Å²) in [5.41, 5.74) is 4.43. The second-order valence-corrected chi connectivity index (χ2v) is 8.77. The summed E-state index contributed by atoms with van der Waals surface area (Å²) in [6, 6.07) is 26.1. The van der Waals surface area contributed by atoms with Crippen LogP contribution in [0, 0.1) is 6.92 Å². The molecule has 1 saturated heterocycles. The summed E-state index contributed by atoms with van der Waals surface area (Å²) in [6.45, 7) is 2.96. The van der Waals surface area contributed by atoms with E-state index in [0.29, 0.717) is 19.6 Å². The van der Waals surface area contributed by atoms with E-state index in [2.05, 4.69) is 36.5 Å². The van der Waals surface area contributed by atoms with Crippen LogP contribution in [-0.2, 0) is 16.0 Å². The normalized spacial score (nSPS) is 16.6. The maximum Gasteiger partial charge on any atom is 0.286 e. The molecule has 164 valence electrons. The van der Waals surface area contributed by atoms with Crippen molar-refractivity contribution in [1.82, 2.24) is 5.32 Å². The van der Waals surface area contributed by atoms with Crippen molar-refractivity contribution >= 4 is 22.9 Å². The minimum absolute atomic E-state index is 0.152. The SMILES string of the molecule is Cc1ccccc1C(OCCOc1ccc(CC2SC(=O)NC2=O)cc1)c1ccccc1. The zero-order valence-electron chi connectivity index (χ0n) is 17.8. The Morgan fingerprint density at radius 1 is 0.906 bits per heavy atom. The van der Waals surface area contributed by atoms with Gasteiger partial charge in [0.1, 0.15) is 18.5 Å². The molecule has 0 aliphatic carbocycles. The summed E-state index contributed by atoms with van der Waals surface area (Å²) in [7, 11) is 0. The van der Waals surface area contributed by atoms with Gasteiger partial charge >= 0.3 is 0 Å².